The zero-order chi connectivity index (χ0) is 31.0. The number of benzene rings is 1. The van der Waals surface area contributed by atoms with Gasteiger partial charge in [-0.05, 0) is 54.7 Å². The maximum atomic E-state index is 14.3. The summed E-state index contributed by atoms with van der Waals surface area (Å²) in [5, 5.41) is 11.5. The minimum atomic E-state index is -4.80. The summed E-state index contributed by atoms with van der Waals surface area (Å²) < 4.78 is 53.7. The fourth-order valence-corrected chi connectivity index (χ4v) is 5.30. The summed E-state index contributed by atoms with van der Waals surface area (Å²) in [6, 6.07) is 4.83. The van der Waals surface area contributed by atoms with Gasteiger partial charge in [-0.15, -0.1) is 0 Å². The highest BCUT2D eigenvalue weighted by Crippen LogP contribution is 2.38. The smallest absolute Gasteiger partial charge is 0.341 e. The van der Waals surface area contributed by atoms with E-state index in [1.807, 2.05) is 6.07 Å². The quantitative estimate of drug-likeness (QED) is 0.408. The number of carbonyl (C=O) groups excluding carboxylic acids is 4. The molecule has 14 heteroatoms. The van der Waals surface area contributed by atoms with E-state index in [9.17, 15) is 36.7 Å². The predicted molar refractivity (Wildman–Crippen MR) is 139 cm³/mol. The van der Waals surface area contributed by atoms with E-state index < -0.39 is 64.4 Å². The van der Waals surface area contributed by atoms with Gasteiger partial charge in [0.15, 0.2) is 0 Å². The first-order chi connectivity index (χ1) is 19.7. The van der Waals surface area contributed by atoms with E-state index in [-0.39, 0.29) is 38.2 Å². The minimum absolute atomic E-state index is 0.0350. The first kappa shape index (κ1) is 30.4. The van der Waals surface area contributed by atoms with E-state index in [4.69, 9.17) is 5.26 Å². The van der Waals surface area contributed by atoms with Gasteiger partial charge in [-0.1, -0.05) is 13.8 Å². The van der Waals surface area contributed by atoms with Gasteiger partial charge in [0.05, 0.1) is 11.1 Å². The van der Waals surface area contributed by atoms with Crippen LogP contribution >= 0.6 is 0 Å². The van der Waals surface area contributed by atoms with Crippen LogP contribution in [0.2, 0.25) is 0 Å². The number of likely N-dealkylation sites (N-methyl/N-ethyl adjacent to an activating group) is 1. The lowest BCUT2D eigenvalue weighted by Crippen LogP contribution is -2.60. The van der Waals surface area contributed by atoms with Gasteiger partial charge in [0.25, 0.3) is 11.8 Å². The molecular weight excluding hydrogens is 560 g/mol. The van der Waals surface area contributed by atoms with Crippen LogP contribution in [-0.2, 0) is 22.3 Å². The number of hydrogen-bond donors (Lipinski definition) is 1. The zero-order valence-electron chi connectivity index (χ0n) is 23.0. The summed E-state index contributed by atoms with van der Waals surface area (Å²) in [4.78, 5) is 60.4. The number of carbonyl (C=O) groups is 4. The third kappa shape index (κ3) is 5.63. The van der Waals surface area contributed by atoms with Crippen molar-refractivity contribution in [1.82, 2.24) is 25.0 Å². The van der Waals surface area contributed by atoms with E-state index >= 15 is 0 Å². The normalized spacial score (nSPS) is 17.5. The number of rotatable bonds is 6. The number of amides is 5. The van der Waals surface area contributed by atoms with Gasteiger partial charge in [-0.2, -0.15) is 18.4 Å². The molecule has 4 rings (SSSR count). The molecular formula is C28H28F4N6O4. The number of alkyl halides is 3. The summed E-state index contributed by atoms with van der Waals surface area (Å²) in [6.45, 7) is 3.36. The predicted octanol–water partition coefficient (Wildman–Crippen LogP) is 3.32. The second-order valence-corrected chi connectivity index (χ2v) is 10.6. The SMILES string of the molecule is CC(C)C(NC(=O)c1cc(C(F)(F)F)ccc1F)C(=O)N1CCC2(CC1)C(=O)N(C)C(=O)N2Cc1ccnc(C#N)c1. The Hall–Kier alpha value is -4.54. The van der Waals surface area contributed by atoms with Gasteiger partial charge in [-0.25, -0.2) is 14.2 Å². The highest BCUT2D eigenvalue weighted by Gasteiger charge is 2.57. The highest BCUT2D eigenvalue weighted by atomic mass is 19.4. The Labute approximate surface area is 238 Å². The van der Waals surface area contributed by atoms with Gasteiger partial charge in [0, 0.05) is 32.9 Å². The molecule has 2 fully saturated rings. The van der Waals surface area contributed by atoms with Crippen molar-refractivity contribution in [2.45, 2.75) is 51.0 Å². The lowest BCUT2D eigenvalue weighted by atomic mass is 9.85. The molecule has 2 saturated heterocycles. The topological polar surface area (TPSA) is 127 Å². The van der Waals surface area contributed by atoms with Gasteiger partial charge >= 0.3 is 12.2 Å². The third-order valence-corrected chi connectivity index (χ3v) is 7.68. The second kappa shape index (κ2) is 11.4. The minimum Gasteiger partial charge on any atom is -0.341 e. The lowest BCUT2D eigenvalue weighted by molar-refractivity contribution is -0.142. The van der Waals surface area contributed by atoms with Gasteiger partial charge in [0.2, 0.25) is 5.91 Å². The standard InChI is InChI=1S/C28H28F4N6O4/c1-16(2)22(35-23(39)20-13-18(28(30,31)32)4-5-21(20)29)24(40)37-10-7-27(8-11-37)25(41)36(3)26(42)38(27)15-17-6-9-34-19(12-17)14-33/h4-6,9,12-13,16,22H,7-8,10-11,15H2,1-3H3,(H,35,39). The van der Waals surface area contributed by atoms with E-state index in [2.05, 4.69) is 10.3 Å². The van der Waals surface area contributed by atoms with E-state index in [0.717, 1.165) is 4.90 Å². The number of urea groups is 1. The average Bonchev–Trinajstić information content (AvgIpc) is 3.11. The van der Waals surface area contributed by atoms with E-state index in [1.54, 1.807) is 19.9 Å². The van der Waals surface area contributed by atoms with Crippen LogP contribution in [0.1, 0.15) is 53.9 Å². The van der Waals surface area contributed by atoms with Crippen LogP contribution in [0.25, 0.3) is 0 Å². The van der Waals surface area contributed by atoms with Crippen molar-refractivity contribution >= 4 is 23.8 Å². The number of likely N-dealkylation sites (tertiary alicyclic amines) is 1. The molecule has 1 aromatic carbocycles. The first-order valence-electron chi connectivity index (χ1n) is 13.1. The molecule has 2 aliphatic heterocycles. The molecule has 1 unspecified atom stereocenters. The fraction of sp³-hybridized carbons (Fsp3) is 0.429. The van der Waals surface area contributed by atoms with Crippen LogP contribution in [0.15, 0.2) is 36.5 Å². The van der Waals surface area contributed by atoms with Crippen molar-refractivity contribution in [2.24, 2.45) is 5.92 Å². The van der Waals surface area contributed by atoms with Gasteiger partial charge < -0.3 is 15.1 Å². The van der Waals surface area contributed by atoms with E-state index in [1.165, 1.54) is 29.1 Å². The Kier molecular flexibility index (Phi) is 8.25. The number of piperidine rings is 1. The van der Waals surface area contributed by atoms with Crippen molar-refractivity contribution in [3.8, 4) is 6.07 Å². The maximum Gasteiger partial charge on any atom is 0.416 e. The Bertz CT molecular complexity index is 1460. The van der Waals surface area contributed by atoms with Gasteiger partial charge in [-0.3, -0.25) is 19.3 Å². The molecule has 0 bridgehead atoms. The number of nitriles is 1. The zero-order valence-corrected chi connectivity index (χ0v) is 23.0. The van der Waals surface area contributed by atoms with Crippen LogP contribution in [-0.4, -0.2) is 75.2 Å². The molecule has 1 spiro atoms. The van der Waals surface area contributed by atoms with Crippen LogP contribution in [0, 0.1) is 23.1 Å². The molecule has 1 atom stereocenters. The molecule has 1 aromatic heterocycles. The summed E-state index contributed by atoms with van der Waals surface area (Å²) >= 11 is 0. The summed E-state index contributed by atoms with van der Waals surface area (Å²) in [5.74, 6) is -3.82. The Morgan fingerprint density at radius 3 is 2.40 bits per heavy atom. The summed E-state index contributed by atoms with van der Waals surface area (Å²) in [6.07, 6.45) is -3.19. The molecule has 0 aliphatic carbocycles. The molecule has 2 aliphatic rings. The summed E-state index contributed by atoms with van der Waals surface area (Å²) in [7, 11) is 1.37. The molecule has 5 amide bonds. The van der Waals surface area contributed by atoms with Crippen LogP contribution in [0.4, 0.5) is 22.4 Å². The number of nitrogens with one attached hydrogen (secondary N) is 1. The van der Waals surface area contributed by atoms with Crippen molar-refractivity contribution < 1.29 is 36.7 Å². The number of hydrogen-bond acceptors (Lipinski definition) is 6. The third-order valence-electron chi connectivity index (χ3n) is 7.68. The Morgan fingerprint density at radius 2 is 1.81 bits per heavy atom. The van der Waals surface area contributed by atoms with Crippen molar-refractivity contribution in [3.63, 3.8) is 0 Å². The van der Waals surface area contributed by atoms with Crippen molar-refractivity contribution in [2.75, 3.05) is 20.1 Å². The van der Waals surface area contributed by atoms with Crippen molar-refractivity contribution in [1.29, 1.82) is 5.26 Å². The number of halogens is 4. The molecule has 2 aromatic rings. The molecule has 10 nitrogen and oxygen atoms in total. The molecule has 42 heavy (non-hydrogen) atoms. The Morgan fingerprint density at radius 1 is 1.14 bits per heavy atom. The Balaban J connectivity index is 1.51. The van der Waals surface area contributed by atoms with Crippen LogP contribution in [0.5, 0.6) is 0 Å². The molecule has 0 radical (unpaired) electrons. The number of pyridine rings is 1. The van der Waals surface area contributed by atoms with Crippen molar-refractivity contribution in [3.05, 3.63) is 64.7 Å². The number of nitrogens with zero attached hydrogens (tertiary/aromatic N) is 5. The van der Waals surface area contributed by atoms with Gasteiger partial charge in [0.1, 0.15) is 29.2 Å². The number of imide groups is 1. The fourth-order valence-electron chi connectivity index (χ4n) is 5.30. The van der Waals surface area contributed by atoms with Crippen LogP contribution in [0.3, 0.4) is 0 Å². The molecule has 0 saturated carbocycles. The monoisotopic (exact) mass is 588 g/mol. The molecule has 3 heterocycles. The molecule has 222 valence electrons. The lowest BCUT2D eigenvalue weighted by Gasteiger charge is -2.43. The molecule has 1 N–H and O–H groups in total. The van der Waals surface area contributed by atoms with Crippen LogP contribution < -0.4 is 5.32 Å². The largest absolute Gasteiger partial charge is 0.416 e. The maximum absolute atomic E-state index is 14.3. The van der Waals surface area contributed by atoms with E-state index in [0.29, 0.717) is 23.8 Å². The highest BCUT2D eigenvalue weighted by molar-refractivity contribution is 6.07. The number of aromatic nitrogens is 1. The average molecular weight is 589 g/mol. The second-order valence-electron chi connectivity index (χ2n) is 10.6. The summed E-state index contributed by atoms with van der Waals surface area (Å²) in [5.41, 5.74) is -2.54. The first-order valence-corrected chi connectivity index (χ1v) is 13.1.